The van der Waals surface area contributed by atoms with Crippen LogP contribution in [0.1, 0.15) is 27.7 Å². The molecule has 5 nitrogen and oxygen atoms in total. The highest BCUT2D eigenvalue weighted by atomic mass is 19.2. The number of amides is 2. The van der Waals surface area contributed by atoms with Crippen LogP contribution in [-0.4, -0.2) is 18.9 Å². The molecule has 0 bridgehead atoms. The number of benzene rings is 3. The van der Waals surface area contributed by atoms with Crippen molar-refractivity contribution in [3.05, 3.63) is 83.1 Å². The molecule has 30 heavy (non-hydrogen) atoms. The maximum atomic E-state index is 13.7. The third-order valence-electron chi connectivity index (χ3n) is 5.10. The van der Waals surface area contributed by atoms with E-state index < -0.39 is 29.5 Å². The zero-order chi connectivity index (χ0) is 21.4. The van der Waals surface area contributed by atoms with Gasteiger partial charge in [-0.3, -0.25) is 9.59 Å². The molecular formula is C23H18F2N2O3. The van der Waals surface area contributed by atoms with Crippen molar-refractivity contribution in [3.8, 4) is 0 Å². The third-order valence-corrected chi connectivity index (χ3v) is 5.10. The smallest absolute Gasteiger partial charge is 0.288 e. The number of aryl methyl sites for hydroxylation is 1. The van der Waals surface area contributed by atoms with E-state index in [0.717, 1.165) is 28.3 Å². The van der Waals surface area contributed by atoms with Gasteiger partial charge in [-0.15, -0.1) is 0 Å². The number of nitrogens with one attached hydrogen (secondary N) is 2. The molecule has 0 fully saturated rings. The van der Waals surface area contributed by atoms with E-state index in [1.54, 1.807) is 6.92 Å². The topological polar surface area (TPSA) is 71.3 Å². The zero-order valence-corrected chi connectivity index (χ0v) is 16.3. The quantitative estimate of drug-likeness (QED) is 0.526. The Kier molecular flexibility index (Phi) is 4.95. The number of carbonyl (C=O) groups is 2. The van der Waals surface area contributed by atoms with Gasteiger partial charge in [-0.2, -0.15) is 0 Å². The molecule has 0 spiro atoms. The van der Waals surface area contributed by atoms with E-state index in [9.17, 15) is 18.4 Å². The van der Waals surface area contributed by atoms with Crippen LogP contribution in [0.3, 0.4) is 0 Å². The average molecular weight is 408 g/mol. The summed E-state index contributed by atoms with van der Waals surface area (Å²) >= 11 is 0. The maximum Gasteiger partial charge on any atom is 0.288 e. The minimum atomic E-state index is -1.22. The summed E-state index contributed by atoms with van der Waals surface area (Å²) in [6.07, 6.45) is 0. The highest BCUT2D eigenvalue weighted by Gasteiger charge is 2.27. The van der Waals surface area contributed by atoms with Gasteiger partial charge in [0.2, 0.25) is 5.91 Å². The molecule has 0 saturated carbocycles. The van der Waals surface area contributed by atoms with Crippen LogP contribution in [-0.2, 0) is 4.79 Å². The zero-order valence-electron chi connectivity index (χ0n) is 16.3. The van der Waals surface area contributed by atoms with Gasteiger partial charge in [0.1, 0.15) is 11.6 Å². The molecule has 1 atom stereocenters. The Bertz CT molecular complexity index is 1300. The predicted octanol–water partition coefficient (Wildman–Crippen LogP) is 4.39. The van der Waals surface area contributed by atoms with Gasteiger partial charge in [0.15, 0.2) is 17.4 Å². The summed E-state index contributed by atoms with van der Waals surface area (Å²) in [6, 6.07) is 13.3. The minimum Gasteiger partial charge on any atom is -0.450 e. The van der Waals surface area contributed by atoms with Gasteiger partial charge in [0.25, 0.3) is 5.91 Å². The van der Waals surface area contributed by atoms with Gasteiger partial charge in [-0.1, -0.05) is 42.5 Å². The summed E-state index contributed by atoms with van der Waals surface area (Å²) in [4.78, 5) is 25.3. The van der Waals surface area contributed by atoms with Crippen molar-refractivity contribution >= 4 is 33.6 Å². The van der Waals surface area contributed by atoms with E-state index >= 15 is 0 Å². The number of fused-ring (bicyclic) bond motifs is 3. The molecule has 152 valence electrons. The second-order valence-electron chi connectivity index (χ2n) is 6.91. The lowest BCUT2D eigenvalue weighted by atomic mass is 10.0. The highest BCUT2D eigenvalue weighted by molar-refractivity contribution is 6.09. The average Bonchev–Trinajstić information content (AvgIpc) is 3.10. The molecule has 0 aliphatic rings. The van der Waals surface area contributed by atoms with Crippen molar-refractivity contribution in [1.82, 2.24) is 10.6 Å². The van der Waals surface area contributed by atoms with E-state index in [2.05, 4.69) is 10.6 Å². The number of carbonyl (C=O) groups excluding carboxylic acids is 2. The van der Waals surface area contributed by atoms with Crippen LogP contribution in [0.5, 0.6) is 0 Å². The van der Waals surface area contributed by atoms with Gasteiger partial charge < -0.3 is 15.1 Å². The molecule has 1 aromatic heterocycles. The molecule has 0 radical (unpaired) electrons. The fraction of sp³-hybridized carbons (Fsp3) is 0.130. The van der Waals surface area contributed by atoms with E-state index in [0.29, 0.717) is 11.1 Å². The largest absolute Gasteiger partial charge is 0.450 e. The summed E-state index contributed by atoms with van der Waals surface area (Å²) in [5.41, 5.74) is 1.30. The first-order valence-electron chi connectivity index (χ1n) is 9.29. The van der Waals surface area contributed by atoms with Gasteiger partial charge in [-0.25, -0.2) is 8.78 Å². The van der Waals surface area contributed by atoms with Crippen LogP contribution in [0.15, 0.2) is 59.0 Å². The summed E-state index contributed by atoms with van der Waals surface area (Å²) in [5.74, 6) is -3.31. The van der Waals surface area contributed by atoms with Gasteiger partial charge in [0, 0.05) is 23.4 Å². The van der Waals surface area contributed by atoms with Crippen molar-refractivity contribution in [1.29, 1.82) is 0 Å². The summed E-state index contributed by atoms with van der Waals surface area (Å²) in [5, 5.41) is 7.59. The number of likely N-dealkylation sites (N-methyl/N-ethyl adjacent to an activating group) is 1. The van der Waals surface area contributed by atoms with Crippen LogP contribution in [0, 0.1) is 18.6 Å². The minimum absolute atomic E-state index is 0.0536. The molecule has 2 amide bonds. The standard InChI is InChI=1S/C23H18F2N2O3/c1-12-15-9-7-13-5-3-4-6-16(13)21(15)30-20(12)23(29)27-19(22(28)26-2)14-8-10-17(24)18(25)11-14/h3-11,19H,1-2H3,(H,26,28)(H,27,29). The lowest BCUT2D eigenvalue weighted by Crippen LogP contribution is -2.39. The molecule has 0 saturated heterocycles. The van der Waals surface area contributed by atoms with E-state index in [1.165, 1.54) is 13.1 Å². The first-order valence-corrected chi connectivity index (χ1v) is 9.29. The second kappa shape index (κ2) is 7.59. The normalized spacial score (nSPS) is 12.1. The Hall–Kier alpha value is -3.74. The number of halogens is 2. The Balaban J connectivity index is 1.74. The molecule has 0 aliphatic heterocycles. The van der Waals surface area contributed by atoms with E-state index in [4.69, 9.17) is 4.42 Å². The van der Waals surface area contributed by atoms with Crippen LogP contribution in [0.25, 0.3) is 21.7 Å². The molecule has 4 aromatic rings. The first-order chi connectivity index (χ1) is 14.4. The number of furan rings is 1. The van der Waals surface area contributed by atoms with Crippen molar-refractivity contribution in [3.63, 3.8) is 0 Å². The van der Waals surface area contributed by atoms with Gasteiger partial charge in [0.05, 0.1) is 0 Å². The number of rotatable bonds is 4. The van der Waals surface area contributed by atoms with Gasteiger partial charge >= 0.3 is 0 Å². The Morgan fingerprint density at radius 2 is 1.73 bits per heavy atom. The monoisotopic (exact) mass is 408 g/mol. The lowest BCUT2D eigenvalue weighted by Gasteiger charge is -2.17. The fourth-order valence-electron chi connectivity index (χ4n) is 3.50. The molecule has 2 N–H and O–H groups in total. The first kappa shape index (κ1) is 19.6. The summed E-state index contributed by atoms with van der Waals surface area (Å²) in [7, 11) is 1.39. The summed E-state index contributed by atoms with van der Waals surface area (Å²) in [6.45, 7) is 1.75. The van der Waals surface area contributed by atoms with Crippen molar-refractivity contribution in [2.45, 2.75) is 13.0 Å². The third kappa shape index (κ3) is 3.28. The predicted molar refractivity (Wildman–Crippen MR) is 109 cm³/mol. The Labute approximate surface area is 170 Å². The molecule has 1 unspecified atom stereocenters. The summed E-state index contributed by atoms with van der Waals surface area (Å²) < 4.78 is 32.9. The van der Waals surface area contributed by atoms with Crippen LogP contribution in [0.2, 0.25) is 0 Å². The number of hydrogen-bond acceptors (Lipinski definition) is 3. The van der Waals surface area contributed by atoms with Crippen LogP contribution < -0.4 is 10.6 Å². The molecule has 7 heteroatoms. The SMILES string of the molecule is CNC(=O)C(NC(=O)c1oc2c(ccc3ccccc32)c1C)c1ccc(F)c(F)c1. The number of hydrogen-bond donors (Lipinski definition) is 2. The Morgan fingerprint density at radius 3 is 2.47 bits per heavy atom. The van der Waals surface area contributed by atoms with Crippen molar-refractivity contribution in [2.75, 3.05) is 7.05 Å². The second-order valence-corrected chi connectivity index (χ2v) is 6.91. The van der Waals surface area contributed by atoms with Gasteiger partial charge in [-0.05, 0) is 30.0 Å². The van der Waals surface area contributed by atoms with Crippen LogP contribution >= 0.6 is 0 Å². The molecule has 1 heterocycles. The lowest BCUT2D eigenvalue weighted by molar-refractivity contribution is -0.122. The van der Waals surface area contributed by atoms with Crippen molar-refractivity contribution < 1.29 is 22.8 Å². The van der Waals surface area contributed by atoms with E-state index in [-0.39, 0.29) is 11.3 Å². The van der Waals surface area contributed by atoms with Crippen molar-refractivity contribution in [2.24, 2.45) is 0 Å². The molecule has 4 rings (SSSR count). The van der Waals surface area contributed by atoms with E-state index in [1.807, 2.05) is 36.4 Å². The molecule has 0 aliphatic carbocycles. The molecule has 3 aromatic carbocycles. The fourth-order valence-corrected chi connectivity index (χ4v) is 3.50. The Morgan fingerprint density at radius 1 is 0.967 bits per heavy atom. The highest BCUT2D eigenvalue weighted by Crippen LogP contribution is 2.32. The molecular weight excluding hydrogens is 390 g/mol. The maximum absolute atomic E-state index is 13.7. The van der Waals surface area contributed by atoms with Crippen LogP contribution in [0.4, 0.5) is 8.78 Å².